The van der Waals surface area contributed by atoms with Crippen molar-refractivity contribution in [1.82, 2.24) is 0 Å². The van der Waals surface area contributed by atoms with Crippen LogP contribution in [-0.2, 0) is 30.5 Å². The Balaban J connectivity index is 1.56. The highest BCUT2D eigenvalue weighted by Crippen LogP contribution is 2.69. The lowest BCUT2D eigenvalue weighted by atomic mass is 9.38. The Bertz CT molecular complexity index is 1310. The van der Waals surface area contributed by atoms with E-state index in [4.69, 9.17) is 9.29 Å². The van der Waals surface area contributed by atoms with Crippen molar-refractivity contribution in [3.63, 3.8) is 0 Å². The quantitative estimate of drug-likeness (QED) is 0.312. The van der Waals surface area contributed by atoms with Gasteiger partial charge >= 0.3 is 21.3 Å². The van der Waals surface area contributed by atoms with Gasteiger partial charge in [-0.1, -0.05) is 87.1 Å². The normalized spacial score (nSPS) is 29.5. The summed E-state index contributed by atoms with van der Waals surface area (Å²) in [6.45, 7) is -1.69. The summed E-state index contributed by atoms with van der Waals surface area (Å²) in [6.07, 6.45) is 11.0. The molecule has 2 saturated carbocycles. The van der Waals surface area contributed by atoms with Crippen LogP contribution >= 0.6 is 0 Å². The molecule has 5 nitrogen and oxygen atoms in total. The van der Waals surface area contributed by atoms with Crippen molar-refractivity contribution >= 4 is 16.1 Å². The van der Waals surface area contributed by atoms with Crippen molar-refractivity contribution in [2.24, 2.45) is 17.8 Å². The van der Waals surface area contributed by atoms with Gasteiger partial charge in [-0.15, -0.1) is 0 Å². The van der Waals surface area contributed by atoms with E-state index in [9.17, 15) is 22.0 Å². The number of carbonyl (C=O) groups excluding carboxylic acids is 1. The van der Waals surface area contributed by atoms with Gasteiger partial charge in [0.2, 0.25) is 0 Å². The molecule has 1 N–H and O–H groups in total. The number of rotatable bonds is 6. The highest BCUT2D eigenvalue weighted by atomic mass is 32.2. The summed E-state index contributed by atoms with van der Waals surface area (Å²) in [5.74, 6) is -1.11. The molecule has 1 unspecified atom stereocenters. The topological polar surface area (TPSA) is 80.7 Å². The Kier molecular flexibility index (Phi) is 6.65. The third-order valence-electron chi connectivity index (χ3n) is 10.4. The van der Waals surface area contributed by atoms with E-state index < -0.39 is 44.7 Å². The molecule has 8 heteroatoms. The van der Waals surface area contributed by atoms with Crippen molar-refractivity contribution in [1.29, 1.82) is 0 Å². The van der Waals surface area contributed by atoms with Crippen LogP contribution < -0.4 is 0 Å². The largest absolute Gasteiger partial charge is 0.458 e. The maximum Gasteiger partial charge on any atom is 0.402 e. The van der Waals surface area contributed by atoms with Gasteiger partial charge in [0.15, 0.2) is 6.61 Å². The first-order valence-electron chi connectivity index (χ1n) is 14.4. The molecule has 0 heterocycles. The van der Waals surface area contributed by atoms with Gasteiger partial charge < -0.3 is 4.74 Å². The van der Waals surface area contributed by atoms with E-state index in [-0.39, 0.29) is 5.92 Å². The van der Waals surface area contributed by atoms with Crippen LogP contribution in [0.25, 0.3) is 0 Å². The van der Waals surface area contributed by atoms with Gasteiger partial charge in [-0.3, -0.25) is 9.35 Å². The summed E-state index contributed by atoms with van der Waals surface area (Å²) in [4.78, 5) is 14.0. The van der Waals surface area contributed by atoms with Gasteiger partial charge in [-0.05, 0) is 66.2 Å². The minimum absolute atomic E-state index is 0.123. The Labute approximate surface area is 229 Å². The molecule has 0 aliphatic heterocycles. The predicted molar refractivity (Wildman–Crippen MR) is 143 cm³/mol. The Hall–Kier alpha value is -2.32. The number of alkyl halides is 2. The monoisotopic (exact) mass is 558 g/mol. The lowest BCUT2D eigenvalue weighted by molar-refractivity contribution is -0.160. The van der Waals surface area contributed by atoms with Crippen LogP contribution in [0.15, 0.2) is 48.5 Å². The number of fused-ring (bicyclic) bond motifs is 1. The number of halogens is 2. The van der Waals surface area contributed by atoms with Gasteiger partial charge in [0.25, 0.3) is 0 Å². The number of ether oxygens (including phenoxy) is 1. The standard InChI is InChI=1S/C31H36F2O5S/c32-30(33,39(35,36)37)20-38-28(34)27-19-29(21-11-3-1-4-12-21)23-15-7-9-17-25(23)31(27,22-13-5-2-6-14-22)26-18-10-8-16-24(26)29/h7-10,15-18,21-22,27H,1-6,11-14,19-20H2,(H,35,36,37). The van der Waals surface area contributed by atoms with Crippen LogP contribution in [0.2, 0.25) is 0 Å². The minimum atomic E-state index is -5.71. The molecule has 2 bridgehead atoms. The molecule has 7 rings (SSSR count). The van der Waals surface area contributed by atoms with Crippen LogP contribution in [-0.4, -0.2) is 30.8 Å². The molecule has 5 aliphatic carbocycles. The van der Waals surface area contributed by atoms with Crippen LogP contribution in [0, 0.1) is 17.8 Å². The zero-order valence-electron chi connectivity index (χ0n) is 22.1. The average molecular weight is 559 g/mol. The molecule has 2 aromatic rings. The molecule has 2 fully saturated rings. The van der Waals surface area contributed by atoms with Crippen molar-refractivity contribution in [2.75, 3.05) is 6.61 Å². The lowest BCUT2D eigenvalue weighted by Crippen LogP contribution is -2.62. The fourth-order valence-electron chi connectivity index (χ4n) is 8.92. The molecule has 0 saturated heterocycles. The molecule has 5 aliphatic rings. The molecular weight excluding hydrogens is 522 g/mol. The van der Waals surface area contributed by atoms with E-state index in [1.165, 1.54) is 17.5 Å². The Morgan fingerprint density at radius 1 is 0.821 bits per heavy atom. The van der Waals surface area contributed by atoms with Gasteiger partial charge in [-0.25, -0.2) is 0 Å². The van der Waals surface area contributed by atoms with Crippen LogP contribution in [0.5, 0.6) is 0 Å². The molecule has 0 spiro atoms. The van der Waals surface area contributed by atoms with E-state index in [2.05, 4.69) is 36.4 Å². The van der Waals surface area contributed by atoms with E-state index >= 15 is 0 Å². The molecule has 0 aromatic heterocycles. The predicted octanol–water partition coefficient (Wildman–Crippen LogP) is 6.78. The van der Waals surface area contributed by atoms with Gasteiger partial charge in [0.05, 0.1) is 5.92 Å². The molecule has 1 atom stereocenters. The van der Waals surface area contributed by atoms with E-state index in [0.29, 0.717) is 12.3 Å². The number of hydrogen-bond donors (Lipinski definition) is 1. The zero-order chi connectivity index (χ0) is 27.5. The number of hydrogen-bond acceptors (Lipinski definition) is 4. The summed E-state index contributed by atoms with van der Waals surface area (Å²) >= 11 is 0. The lowest BCUT2D eigenvalue weighted by Gasteiger charge is -2.63. The zero-order valence-corrected chi connectivity index (χ0v) is 22.9. The highest BCUT2D eigenvalue weighted by molar-refractivity contribution is 7.86. The first-order chi connectivity index (χ1) is 18.6. The highest BCUT2D eigenvalue weighted by Gasteiger charge is 2.66. The number of benzene rings is 2. The summed E-state index contributed by atoms with van der Waals surface area (Å²) < 4.78 is 65.2. The smallest absolute Gasteiger partial charge is 0.402 e. The number of esters is 1. The second kappa shape index (κ2) is 9.65. The van der Waals surface area contributed by atoms with E-state index in [0.717, 1.165) is 68.9 Å². The average Bonchev–Trinajstić information content (AvgIpc) is 2.96. The van der Waals surface area contributed by atoms with Gasteiger partial charge in [0.1, 0.15) is 0 Å². The fraction of sp³-hybridized carbons (Fsp3) is 0.581. The van der Waals surface area contributed by atoms with Crippen molar-refractivity contribution < 1.29 is 31.3 Å². The van der Waals surface area contributed by atoms with Crippen LogP contribution in [0.4, 0.5) is 8.78 Å². The molecule has 210 valence electrons. The SMILES string of the molecule is O=C(OCC(F)(F)S(=O)(=O)O)C1CC2(C3CCCCC3)c3ccccc3C1(C1CCCCC1)c1ccccc12. The Morgan fingerprint density at radius 2 is 1.28 bits per heavy atom. The molecule has 0 amide bonds. The maximum absolute atomic E-state index is 14.2. The first-order valence-corrected chi connectivity index (χ1v) is 15.8. The number of carbonyl (C=O) groups is 1. The van der Waals surface area contributed by atoms with E-state index in [1.54, 1.807) is 0 Å². The Morgan fingerprint density at radius 3 is 1.77 bits per heavy atom. The van der Waals surface area contributed by atoms with E-state index in [1.807, 2.05) is 12.1 Å². The summed E-state index contributed by atoms with van der Waals surface area (Å²) in [5, 5.41) is -4.56. The summed E-state index contributed by atoms with van der Waals surface area (Å²) in [7, 11) is -5.71. The van der Waals surface area contributed by atoms with Gasteiger partial charge in [-0.2, -0.15) is 17.2 Å². The van der Waals surface area contributed by atoms with Crippen molar-refractivity contribution in [3.8, 4) is 0 Å². The van der Waals surface area contributed by atoms with Crippen LogP contribution in [0.1, 0.15) is 92.9 Å². The summed E-state index contributed by atoms with van der Waals surface area (Å²) in [5.41, 5.74) is 3.54. The third-order valence-corrected chi connectivity index (χ3v) is 11.3. The van der Waals surface area contributed by atoms with Crippen LogP contribution in [0.3, 0.4) is 0 Å². The molecular formula is C31H36F2O5S. The fourth-order valence-corrected chi connectivity index (χ4v) is 9.13. The maximum atomic E-state index is 14.2. The first kappa shape index (κ1) is 26.9. The third kappa shape index (κ3) is 3.91. The minimum Gasteiger partial charge on any atom is -0.458 e. The van der Waals surface area contributed by atoms with Gasteiger partial charge in [0, 0.05) is 10.8 Å². The van der Waals surface area contributed by atoms with Crippen molar-refractivity contribution in [2.45, 2.75) is 86.7 Å². The summed E-state index contributed by atoms with van der Waals surface area (Å²) in [6, 6.07) is 16.8. The second-order valence-electron chi connectivity index (χ2n) is 12.1. The molecule has 2 aromatic carbocycles. The molecule has 0 radical (unpaired) electrons. The molecule has 39 heavy (non-hydrogen) atoms. The van der Waals surface area contributed by atoms with Crippen molar-refractivity contribution in [3.05, 3.63) is 70.8 Å². The second-order valence-corrected chi connectivity index (χ2v) is 13.6.